The Labute approximate surface area is 149 Å². The molecule has 1 amide bonds. The Kier molecular flexibility index (Phi) is 6.34. The van der Waals surface area contributed by atoms with Crippen LogP contribution in [0.25, 0.3) is 0 Å². The molecular formula is C21H25NO3. The molecule has 1 unspecified atom stereocenters. The topological polar surface area (TPSA) is 55.4 Å². The molecule has 132 valence electrons. The summed E-state index contributed by atoms with van der Waals surface area (Å²) in [4.78, 5) is 25.0. The average molecular weight is 339 g/mol. The van der Waals surface area contributed by atoms with Crippen LogP contribution >= 0.6 is 0 Å². The highest BCUT2D eigenvalue weighted by Crippen LogP contribution is 2.16. The van der Waals surface area contributed by atoms with E-state index < -0.39 is 12.0 Å². The standard InChI is InChI=1S/C21H25NO3/c1-5-17-8-6-7-15(3)19(17)20(23)22-18(21(24)25-4)13-16-11-9-14(2)10-12-16/h6-12,18H,5,13H2,1-4H3,(H,22,23). The summed E-state index contributed by atoms with van der Waals surface area (Å²) in [6, 6.07) is 13.0. The predicted octanol–water partition coefficient (Wildman–Crippen LogP) is 3.38. The molecule has 0 spiro atoms. The van der Waals surface area contributed by atoms with E-state index in [-0.39, 0.29) is 5.91 Å². The van der Waals surface area contributed by atoms with E-state index in [1.54, 1.807) is 0 Å². The van der Waals surface area contributed by atoms with E-state index in [0.29, 0.717) is 12.0 Å². The zero-order chi connectivity index (χ0) is 18.4. The third-order valence-corrected chi connectivity index (χ3v) is 4.32. The minimum absolute atomic E-state index is 0.238. The van der Waals surface area contributed by atoms with Gasteiger partial charge in [0.05, 0.1) is 7.11 Å². The van der Waals surface area contributed by atoms with Gasteiger partial charge < -0.3 is 10.1 Å². The molecule has 0 aliphatic heterocycles. The molecule has 2 rings (SSSR count). The van der Waals surface area contributed by atoms with Gasteiger partial charge in [-0.3, -0.25) is 4.79 Å². The maximum absolute atomic E-state index is 12.8. The lowest BCUT2D eigenvalue weighted by Gasteiger charge is -2.19. The van der Waals surface area contributed by atoms with Gasteiger partial charge in [-0.1, -0.05) is 55.0 Å². The highest BCUT2D eigenvalue weighted by atomic mass is 16.5. The predicted molar refractivity (Wildman–Crippen MR) is 98.7 cm³/mol. The summed E-state index contributed by atoms with van der Waals surface area (Å²) in [5.74, 6) is -0.682. The number of carbonyl (C=O) groups excluding carboxylic acids is 2. The Bertz CT molecular complexity index is 750. The number of benzene rings is 2. The average Bonchev–Trinajstić information content (AvgIpc) is 2.61. The third kappa shape index (κ3) is 4.69. The fourth-order valence-corrected chi connectivity index (χ4v) is 2.87. The summed E-state index contributed by atoms with van der Waals surface area (Å²) in [6.07, 6.45) is 1.15. The molecule has 0 saturated heterocycles. The first-order valence-corrected chi connectivity index (χ1v) is 8.49. The number of amides is 1. The van der Waals surface area contributed by atoms with Crippen molar-refractivity contribution in [1.29, 1.82) is 0 Å². The van der Waals surface area contributed by atoms with Gasteiger partial charge in [-0.2, -0.15) is 0 Å². The number of ether oxygens (including phenoxy) is 1. The molecule has 2 aromatic rings. The first-order valence-electron chi connectivity index (χ1n) is 8.49. The van der Waals surface area contributed by atoms with Gasteiger partial charge in [0, 0.05) is 12.0 Å². The van der Waals surface area contributed by atoms with Gasteiger partial charge in [0.2, 0.25) is 0 Å². The van der Waals surface area contributed by atoms with Crippen LogP contribution in [0.4, 0.5) is 0 Å². The second-order valence-electron chi connectivity index (χ2n) is 6.20. The van der Waals surface area contributed by atoms with Gasteiger partial charge in [-0.25, -0.2) is 4.79 Å². The van der Waals surface area contributed by atoms with E-state index in [1.165, 1.54) is 7.11 Å². The number of nitrogens with one attached hydrogen (secondary N) is 1. The lowest BCUT2D eigenvalue weighted by atomic mass is 9.98. The van der Waals surface area contributed by atoms with Crippen LogP contribution < -0.4 is 5.32 Å². The Morgan fingerprint density at radius 3 is 2.36 bits per heavy atom. The van der Waals surface area contributed by atoms with E-state index >= 15 is 0 Å². The van der Waals surface area contributed by atoms with E-state index in [1.807, 2.05) is 63.2 Å². The molecule has 0 bridgehead atoms. The Morgan fingerprint density at radius 2 is 1.76 bits per heavy atom. The molecule has 0 aliphatic carbocycles. The summed E-state index contributed by atoms with van der Waals surface area (Å²) < 4.78 is 4.88. The van der Waals surface area contributed by atoms with Crippen molar-refractivity contribution in [2.75, 3.05) is 7.11 Å². The van der Waals surface area contributed by atoms with Crippen LogP contribution in [0.1, 0.15) is 39.5 Å². The van der Waals surface area contributed by atoms with Crippen LogP contribution in [-0.4, -0.2) is 25.0 Å². The fourth-order valence-electron chi connectivity index (χ4n) is 2.87. The Morgan fingerprint density at radius 1 is 1.08 bits per heavy atom. The van der Waals surface area contributed by atoms with Crippen LogP contribution in [0.3, 0.4) is 0 Å². The Balaban J connectivity index is 2.24. The fraction of sp³-hybridized carbons (Fsp3) is 0.333. The van der Waals surface area contributed by atoms with Crippen molar-refractivity contribution in [3.8, 4) is 0 Å². The number of methoxy groups -OCH3 is 1. The largest absolute Gasteiger partial charge is 0.467 e. The molecule has 1 atom stereocenters. The maximum atomic E-state index is 12.8. The minimum Gasteiger partial charge on any atom is -0.467 e. The maximum Gasteiger partial charge on any atom is 0.328 e. The molecule has 0 aliphatic rings. The molecule has 0 heterocycles. The number of rotatable bonds is 6. The summed E-state index contributed by atoms with van der Waals surface area (Å²) >= 11 is 0. The van der Waals surface area contributed by atoms with Crippen molar-refractivity contribution < 1.29 is 14.3 Å². The molecule has 4 heteroatoms. The van der Waals surface area contributed by atoms with Crippen molar-refractivity contribution in [1.82, 2.24) is 5.32 Å². The molecule has 25 heavy (non-hydrogen) atoms. The second-order valence-corrected chi connectivity index (χ2v) is 6.20. The van der Waals surface area contributed by atoms with E-state index in [4.69, 9.17) is 4.74 Å². The van der Waals surface area contributed by atoms with Gasteiger partial charge in [-0.05, 0) is 37.0 Å². The zero-order valence-electron chi connectivity index (χ0n) is 15.3. The lowest BCUT2D eigenvalue weighted by molar-refractivity contribution is -0.142. The quantitative estimate of drug-likeness (QED) is 0.821. The summed E-state index contributed by atoms with van der Waals surface area (Å²) in [5.41, 5.74) is 4.63. The highest BCUT2D eigenvalue weighted by Gasteiger charge is 2.24. The molecule has 0 saturated carbocycles. The molecule has 0 aromatic heterocycles. The second kappa shape index (κ2) is 8.47. The van der Waals surface area contributed by atoms with Crippen LogP contribution in [0.5, 0.6) is 0 Å². The smallest absolute Gasteiger partial charge is 0.328 e. The van der Waals surface area contributed by atoms with E-state index in [2.05, 4.69) is 5.32 Å². The van der Waals surface area contributed by atoms with Gasteiger partial charge in [0.15, 0.2) is 0 Å². The highest BCUT2D eigenvalue weighted by molar-refractivity contribution is 5.99. The number of hydrogen-bond acceptors (Lipinski definition) is 3. The zero-order valence-corrected chi connectivity index (χ0v) is 15.3. The SMILES string of the molecule is CCc1cccc(C)c1C(=O)NC(Cc1ccc(C)cc1)C(=O)OC. The van der Waals surface area contributed by atoms with E-state index in [9.17, 15) is 9.59 Å². The van der Waals surface area contributed by atoms with Gasteiger partial charge in [-0.15, -0.1) is 0 Å². The van der Waals surface area contributed by atoms with Crippen molar-refractivity contribution in [2.45, 2.75) is 39.7 Å². The summed E-state index contributed by atoms with van der Waals surface area (Å²) in [7, 11) is 1.34. The van der Waals surface area contributed by atoms with Crippen molar-refractivity contribution in [3.63, 3.8) is 0 Å². The van der Waals surface area contributed by atoms with Crippen LogP contribution in [0, 0.1) is 13.8 Å². The third-order valence-electron chi connectivity index (χ3n) is 4.32. The van der Waals surface area contributed by atoms with Crippen molar-refractivity contribution in [2.24, 2.45) is 0 Å². The minimum atomic E-state index is -0.718. The number of carbonyl (C=O) groups is 2. The van der Waals surface area contributed by atoms with Crippen molar-refractivity contribution in [3.05, 3.63) is 70.3 Å². The monoisotopic (exact) mass is 339 g/mol. The van der Waals surface area contributed by atoms with Crippen molar-refractivity contribution >= 4 is 11.9 Å². The van der Waals surface area contributed by atoms with Gasteiger partial charge in [0.1, 0.15) is 6.04 Å². The van der Waals surface area contributed by atoms with Crippen LogP contribution in [0.15, 0.2) is 42.5 Å². The van der Waals surface area contributed by atoms with Crippen LogP contribution in [-0.2, 0) is 22.4 Å². The summed E-state index contributed by atoms with van der Waals surface area (Å²) in [5, 5.41) is 2.85. The Hall–Kier alpha value is -2.62. The number of esters is 1. The van der Waals surface area contributed by atoms with Gasteiger partial charge in [0.25, 0.3) is 5.91 Å². The number of hydrogen-bond donors (Lipinski definition) is 1. The first kappa shape index (κ1) is 18.7. The normalized spacial score (nSPS) is 11.7. The first-order chi connectivity index (χ1) is 12.0. The molecule has 0 fully saturated rings. The molecule has 0 radical (unpaired) electrons. The number of aryl methyl sites for hydroxylation is 3. The van der Waals surface area contributed by atoms with Crippen LogP contribution in [0.2, 0.25) is 0 Å². The molecular weight excluding hydrogens is 314 g/mol. The molecule has 2 aromatic carbocycles. The van der Waals surface area contributed by atoms with Gasteiger partial charge >= 0.3 is 5.97 Å². The summed E-state index contributed by atoms with van der Waals surface area (Å²) in [6.45, 7) is 5.92. The van der Waals surface area contributed by atoms with E-state index in [0.717, 1.165) is 28.7 Å². The molecule has 1 N–H and O–H groups in total. The molecule has 4 nitrogen and oxygen atoms in total. The lowest BCUT2D eigenvalue weighted by Crippen LogP contribution is -2.43.